The number of halogens is 1. The molecule has 1 aliphatic heterocycles. The molecule has 5 nitrogen and oxygen atoms in total. The predicted octanol–water partition coefficient (Wildman–Crippen LogP) is 2.88. The van der Waals surface area contributed by atoms with Gasteiger partial charge in [-0.2, -0.15) is 0 Å². The van der Waals surface area contributed by atoms with Crippen molar-refractivity contribution >= 4 is 52.5 Å². The standard InChI is InChI=1S/C17H11ClN2O3S/c18-11-4-6-12(7-5-11)20-16(23)14(15(22)19-17(20)24)9-10-2-1-3-13(21)8-10/h1-9,21H,(H,19,22,24). The van der Waals surface area contributed by atoms with E-state index in [0.717, 1.165) is 0 Å². The van der Waals surface area contributed by atoms with Crippen molar-refractivity contribution in [3.8, 4) is 5.75 Å². The molecule has 2 aromatic rings. The topological polar surface area (TPSA) is 69.6 Å². The number of rotatable bonds is 2. The SMILES string of the molecule is O=C1NC(=S)N(c2ccc(Cl)cc2)C(=O)C1=Cc1cccc(O)c1. The lowest BCUT2D eigenvalue weighted by atomic mass is 10.1. The maximum Gasteiger partial charge on any atom is 0.270 e. The summed E-state index contributed by atoms with van der Waals surface area (Å²) in [5.41, 5.74) is 0.942. The molecule has 24 heavy (non-hydrogen) atoms. The molecule has 1 heterocycles. The van der Waals surface area contributed by atoms with E-state index < -0.39 is 11.8 Å². The first-order valence-electron chi connectivity index (χ1n) is 6.92. The van der Waals surface area contributed by atoms with Crippen LogP contribution in [0.5, 0.6) is 5.75 Å². The van der Waals surface area contributed by atoms with Crippen LogP contribution < -0.4 is 10.2 Å². The summed E-state index contributed by atoms with van der Waals surface area (Å²) in [5, 5.41) is 12.5. The van der Waals surface area contributed by atoms with E-state index in [1.165, 1.54) is 23.1 Å². The van der Waals surface area contributed by atoms with Crippen molar-refractivity contribution in [3.05, 3.63) is 64.7 Å². The zero-order valence-corrected chi connectivity index (χ0v) is 13.8. The van der Waals surface area contributed by atoms with Crippen LogP contribution in [0, 0.1) is 0 Å². The van der Waals surface area contributed by atoms with Crippen molar-refractivity contribution in [3.63, 3.8) is 0 Å². The molecular formula is C17H11ClN2O3S. The molecule has 1 saturated heterocycles. The molecule has 3 rings (SSSR count). The lowest BCUT2D eigenvalue weighted by Crippen LogP contribution is -2.54. The number of benzene rings is 2. The minimum Gasteiger partial charge on any atom is -0.508 e. The third-order valence-electron chi connectivity index (χ3n) is 3.37. The van der Waals surface area contributed by atoms with Crippen LogP contribution >= 0.6 is 23.8 Å². The van der Waals surface area contributed by atoms with Crippen molar-refractivity contribution in [2.24, 2.45) is 0 Å². The zero-order valence-electron chi connectivity index (χ0n) is 12.2. The molecule has 2 N–H and O–H groups in total. The fourth-order valence-electron chi connectivity index (χ4n) is 2.26. The highest BCUT2D eigenvalue weighted by molar-refractivity contribution is 7.80. The molecule has 7 heteroatoms. The van der Waals surface area contributed by atoms with E-state index in [1.54, 1.807) is 36.4 Å². The highest BCUT2D eigenvalue weighted by Gasteiger charge is 2.34. The normalized spacial score (nSPS) is 16.5. The number of phenols is 1. The van der Waals surface area contributed by atoms with Crippen molar-refractivity contribution < 1.29 is 14.7 Å². The number of hydrogen-bond acceptors (Lipinski definition) is 4. The monoisotopic (exact) mass is 358 g/mol. The Balaban J connectivity index is 2.01. The van der Waals surface area contributed by atoms with Gasteiger partial charge in [-0.3, -0.25) is 19.8 Å². The van der Waals surface area contributed by atoms with Crippen molar-refractivity contribution in [2.75, 3.05) is 4.90 Å². The quantitative estimate of drug-likeness (QED) is 0.492. The molecule has 120 valence electrons. The van der Waals surface area contributed by atoms with E-state index in [-0.39, 0.29) is 16.4 Å². The summed E-state index contributed by atoms with van der Waals surface area (Å²) in [4.78, 5) is 26.1. The molecule has 0 aromatic heterocycles. The number of anilines is 1. The summed E-state index contributed by atoms with van der Waals surface area (Å²) in [7, 11) is 0. The Bertz CT molecular complexity index is 878. The molecule has 1 aliphatic rings. The van der Waals surface area contributed by atoms with Crippen LogP contribution in [0.15, 0.2) is 54.1 Å². The summed E-state index contributed by atoms with van der Waals surface area (Å²) >= 11 is 11.0. The highest BCUT2D eigenvalue weighted by Crippen LogP contribution is 2.24. The molecule has 2 amide bonds. The number of aromatic hydroxyl groups is 1. The average molecular weight is 359 g/mol. The number of hydrogen-bond donors (Lipinski definition) is 2. The largest absolute Gasteiger partial charge is 0.508 e. The molecule has 0 bridgehead atoms. The Morgan fingerprint density at radius 2 is 1.83 bits per heavy atom. The van der Waals surface area contributed by atoms with Crippen molar-refractivity contribution in [2.45, 2.75) is 0 Å². The Labute approximate surface area is 148 Å². The minimum atomic E-state index is -0.585. The summed E-state index contributed by atoms with van der Waals surface area (Å²) in [6, 6.07) is 12.8. The smallest absolute Gasteiger partial charge is 0.270 e. The minimum absolute atomic E-state index is 0.000353. The second-order valence-electron chi connectivity index (χ2n) is 5.03. The Morgan fingerprint density at radius 1 is 1.12 bits per heavy atom. The van der Waals surface area contributed by atoms with Crippen LogP contribution in [0.3, 0.4) is 0 Å². The number of nitrogens with one attached hydrogen (secondary N) is 1. The van der Waals surface area contributed by atoms with Gasteiger partial charge in [0.25, 0.3) is 11.8 Å². The lowest BCUT2D eigenvalue weighted by Gasteiger charge is -2.28. The molecule has 1 fully saturated rings. The number of carbonyl (C=O) groups excluding carboxylic acids is 2. The van der Waals surface area contributed by atoms with Gasteiger partial charge in [-0.15, -0.1) is 0 Å². The molecule has 0 unspecified atom stereocenters. The van der Waals surface area contributed by atoms with E-state index in [0.29, 0.717) is 16.3 Å². The summed E-state index contributed by atoms with van der Waals surface area (Å²) in [5.74, 6) is -1.09. The highest BCUT2D eigenvalue weighted by atomic mass is 35.5. The molecule has 0 atom stereocenters. The summed E-state index contributed by atoms with van der Waals surface area (Å²) in [6.07, 6.45) is 1.40. The molecular weight excluding hydrogens is 348 g/mol. The van der Waals surface area contributed by atoms with Gasteiger partial charge in [-0.05, 0) is 60.3 Å². The second kappa shape index (κ2) is 6.43. The van der Waals surface area contributed by atoms with Gasteiger partial charge in [0.2, 0.25) is 0 Å². The van der Waals surface area contributed by atoms with Crippen LogP contribution in [0.1, 0.15) is 5.56 Å². The van der Waals surface area contributed by atoms with E-state index in [4.69, 9.17) is 23.8 Å². The van der Waals surface area contributed by atoms with Gasteiger partial charge >= 0.3 is 0 Å². The number of amides is 2. The second-order valence-corrected chi connectivity index (χ2v) is 5.85. The van der Waals surface area contributed by atoms with Gasteiger partial charge in [-0.1, -0.05) is 23.7 Å². The van der Waals surface area contributed by atoms with Gasteiger partial charge in [0, 0.05) is 5.02 Å². The predicted molar refractivity (Wildman–Crippen MR) is 95.8 cm³/mol. The van der Waals surface area contributed by atoms with Crippen LogP contribution in [-0.2, 0) is 9.59 Å². The number of carbonyl (C=O) groups is 2. The van der Waals surface area contributed by atoms with Crippen LogP contribution in [-0.4, -0.2) is 22.0 Å². The van der Waals surface area contributed by atoms with E-state index in [1.807, 2.05) is 0 Å². The molecule has 0 saturated carbocycles. The fourth-order valence-corrected chi connectivity index (χ4v) is 2.67. The fraction of sp³-hybridized carbons (Fsp3) is 0. The van der Waals surface area contributed by atoms with Gasteiger partial charge < -0.3 is 5.11 Å². The number of phenolic OH excluding ortho intramolecular Hbond substituents is 1. The molecule has 0 aliphatic carbocycles. The third kappa shape index (κ3) is 3.15. The van der Waals surface area contributed by atoms with E-state index in [9.17, 15) is 14.7 Å². The summed E-state index contributed by atoms with van der Waals surface area (Å²) in [6.45, 7) is 0. The Kier molecular flexibility index (Phi) is 4.33. The first-order chi connectivity index (χ1) is 11.5. The molecule has 2 aromatic carbocycles. The van der Waals surface area contributed by atoms with Crippen molar-refractivity contribution in [1.82, 2.24) is 5.32 Å². The average Bonchev–Trinajstić information content (AvgIpc) is 2.53. The summed E-state index contributed by atoms with van der Waals surface area (Å²) < 4.78 is 0. The first-order valence-corrected chi connectivity index (χ1v) is 7.70. The van der Waals surface area contributed by atoms with Crippen LogP contribution in [0.4, 0.5) is 5.69 Å². The number of thiocarbonyl (C=S) groups is 1. The lowest BCUT2D eigenvalue weighted by molar-refractivity contribution is -0.122. The Morgan fingerprint density at radius 3 is 2.50 bits per heavy atom. The van der Waals surface area contributed by atoms with Gasteiger partial charge in [0.05, 0.1) is 5.69 Å². The van der Waals surface area contributed by atoms with Gasteiger partial charge in [0.1, 0.15) is 11.3 Å². The maximum absolute atomic E-state index is 12.7. The van der Waals surface area contributed by atoms with E-state index >= 15 is 0 Å². The Hall–Kier alpha value is -2.70. The van der Waals surface area contributed by atoms with Crippen LogP contribution in [0.25, 0.3) is 6.08 Å². The van der Waals surface area contributed by atoms with Gasteiger partial charge in [0.15, 0.2) is 5.11 Å². The maximum atomic E-state index is 12.7. The number of nitrogens with zero attached hydrogens (tertiary/aromatic N) is 1. The molecule has 0 spiro atoms. The van der Waals surface area contributed by atoms with Crippen LogP contribution in [0.2, 0.25) is 5.02 Å². The first kappa shape index (κ1) is 16.2. The zero-order chi connectivity index (χ0) is 17.3. The molecule has 0 radical (unpaired) electrons. The third-order valence-corrected chi connectivity index (χ3v) is 3.90. The van der Waals surface area contributed by atoms with E-state index in [2.05, 4.69) is 5.32 Å². The van der Waals surface area contributed by atoms with Gasteiger partial charge in [-0.25, -0.2) is 0 Å². The van der Waals surface area contributed by atoms with Crippen molar-refractivity contribution in [1.29, 1.82) is 0 Å².